The predicted octanol–water partition coefficient (Wildman–Crippen LogP) is 1.61. The van der Waals surface area contributed by atoms with Gasteiger partial charge in [0.15, 0.2) is 0 Å². The smallest absolute Gasteiger partial charge is 0.236 e. The molecular formula is C15H23N3O. The minimum Gasteiger partial charge on any atom is -0.344 e. The Morgan fingerprint density at radius 3 is 2.74 bits per heavy atom. The van der Waals surface area contributed by atoms with Crippen molar-refractivity contribution in [3.8, 4) is 0 Å². The molecule has 0 unspecified atom stereocenters. The molecule has 0 bridgehead atoms. The zero-order valence-electron chi connectivity index (χ0n) is 11.6. The molecule has 1 N–H and O–H groups in total. The van der Waals surface area contributed by atoms with Gasteiger partial charge in [-0.25, -0.2) is 0 Å². The molecule has 104 valence electrons. The lowest BCUT2D eigenvalue weighted by Crippen LogP contribution is -2.39. The lowest BCUT2D eigenvalue weighted by Gasteiger charge is -2.19. The van der Waals surface area contributed by atoms with E-state index in [-0.39, 0.29) is 5.91 Å². The molecule has 0 aliphatic heterocycles. The standard InChI is InChI=1S/C15H23N3O/c1-18(11-8-13-6-9-16-10-7-13)15(19)12-17-14-4-2-3-5-14/h6-7,9-10,14,17H,2-5,8,11-12H2,1H3. The van der Waals surface area contributed by atoms with Crippen LogP contribution in [0.2, 0.25) is 0 Å². The number of rotatable bonds is 6. The SMILES string of the molecule is CN(CCc1ccncc1)C(=O)CNC1CCCC1. The molecule has 1 aliphatic carbocycles. The summed E-state index contributed by atoms with van der Waals surface area (Å²) in [6.45, 7) is 1.23. The largest absolute Gasteiger partial charge is 0.344 e. The van der Waals surface area contributed by atoms with Crippen LogP contribution < -0.4 is 5.32 Å². The third kappa shape index (κ3) is 4.63. The molecule has 0 aromatic carbocycles. The van der Waals surface area contributed by atoms with Gasteiger partial charge in [0.1, 0.15) is 0 Å². The highest BCUT2D eigenvalue weighted by Gasteiger charge is 2.16. The van der Waals surface area contributed by atoms with E-state index in [1.807, 2.05) is 24.1 Å². The van der Waals surface area contributed by atoms with Crippen LogP contribution in [0.5, 0.6) is 0 Å². The Labute approximate surface area is 115 Å². The normalized spacial score (nSPS) is 15.6. The van der Waals surface area contributed by atoms with Crippen LogP contribution in [0.1, 0.15) is 31.2 Å². The Morgan fingerprint density at radius 2 is 2.05 bits per heavy atom. The van der Waals surface area contributed by atoms with E-state index in [0.29, 0.717) is 12.6 Å². The van der Waals surface area contributed by atoms with Gasteiger partial charge in [0.05, 0.1) is 6.54 Å². The minimum atomic E-state index is 0.181. The van der Waals surface area contributed by atoms with Gasteiger partial charge in [0.2, 0.25) is 5.91 Å². The van der Waals surface area contributed by atoms with Gasteiger partial charge in [-0.15, -0.1) is 0 Å². The summed E-state index contributed by atoms with van der Waals surface area (Å²) in [5.74, 6) is 0.181. The number of nitrogens with one attached hydrogen (secondary N) is 1. The van der Waals surface area contributed by atoms with Crippen molar-refractivity contribution in [1.82, 2.24) is 15.2 Å². The lowest BCUT2D eigenvalue weighted by atomic mass is 10.2. The minimum absolute atomic E-state index is 0.181. The first-order valence-corrected chi connectivity index (χ1v) is 7.12. The topological polar surface area (TPSA) is 45.2 Å². The third-order valence-electron chi connectivity index (χ3n) is 3.81. The van der Waals surface area contributed by atoms with Gasteiger partial charge in [-0.2, -0.15) is 0 Å². The molecule has 0 atom stereocenters. The first-order valence-electron chi connectivity index (χ1n) is 7.12. The van der Waals surface area contributed by atoms with Crippen LogP contribution in [0.3, 0.4) is 0 Å². The molecule has 1 heterocycles. The number of nitrogens with zero attached hydrogens (tertiary/aromatic N) is 2. The van der Waals surface area contributed by atoms with Gasteiger partial charge in [-0.3, -0.25) is 9.78 Å². The molecular weight excluding hydrogens is 238 g/mol. The maximum atomic E-state index is 12.0. The van der Waals surface area contributed by atoms with E-state index < -0.39 is 0 Å². The number of amides is 1. The third-order valence-corrected chi connectivity index (χ3v) is 3.81. The van der Waals surface area contributed by atoms with Crippen molar-refractivity contribution in [3.05, 3.63) is 30.1 Å². The molecule has 1 fully saturated rings. The molecule has 1 aliphatic rings. The summed E-state index contributed by atoms with van der Waals surface area (Å²) in [4.78, 5) is 17.8. The van der Waals surface area contributed by atoms with Crippen LogP contribution in [0.25, 0.3) is 0 Å². The van der Waals surface area contributed by atoms with Gasteiger partial charge < -0.3 is 10.2 Å². The molecule has 19 heavy (non-hydrogen) atoms. The van der Waals surface area contributed by atoms with Gasteiger partial charge in [-0.05, 0) is 37.0 Å². The van der Waals surface area contributed by atoms with Gasteiger partial charge in [0.25, 0.3) is 0 Å². The van der Waals surface area contributed by atoms with E-state index in [9.17, 15) is 4.79 Å². The number of likely N-dealkylation sites (N-methyl/N-ethyl adjacent to an activating group) is 1. The van der Waals surface area contributed by atoms with Crippen molar-refractivity contribution in [2.24, 2.45) is 0 Å². The molecule has 1 aromatic rings. The average molecular weight is 261 g/mol. The summed E-state index contributed by atoms with van der Waals surface area (Å²) in [5, 5.41) is 3.36. The summed E-state index contributed by atoms with van der Waals surface area (Å²) in [6, 6.07) is 4.54. The van der Waals surface area contributed by atoms with Crippen molar-refractivity contribution in [2.75, 3.05) is 20.1 Å². The number of carbonyl (C=O) groups is 1. The van der Waals surface area contributed by atoms with E-state index in [1.54, 1.807) is 12.4 Å². The van der Waals surface area contributed by atoms with Crippen molar-refractivity contribution >= 4 is 5.91 Å². The van der Waals surface area contributed by atoms with E-state index in [0.717, 1.165) is 13.0 Å². The Balaban J connectivity index is 1.67. The molecule has 1 amide bonds. The fourth-order valence-corrected chi connectivity index (χ4v) is 2.47. The monoisotopic (exact) mass is 261 g/mol. The number of hydrogen-bond acceptors (Lipinski definition) is 3. The number of hydrogen-bond donors (Lipinski definition) is 1. The van der Waals surface area contributed by atoms with Crippen molar-refractivity contribution in [3.63, 3.8) is 0 Å². The average Bonchev–Trinajstić information content (AvgIpc) is 2.96. The van der Waals surface area contributed by atoms with Gasteiger partial charge >= 0.3 is 0 Å². The van der Waals surface area contributed by atoms with Gasteiger partial charge in [-0.1, -0.05) is 12.8 Å². The highest BCUT2D eigenvalue weighted by molar-refractivity contribution is 5.78. The second kappa shape index (κ2) is 7.24. The molecule has 4 nitrogen and oxygen atoms in total. The van der Waals surface area contributed by atoms with Crippen molar-refractivity contribution in [2.45, 2.75) is 38.1 Å². The highest BCUT2D eigenvalue weighted by Crippen LogP contribution is 2.17. The maximum Gasteiger partial charge on any atom is 0.236 e. The van der Waals surface area contributed by atoms with E-state index >= 15 is 0 Å². The van der Waals surface area contributed by atoms with Crippen LogP contribution in [0, 0.1) is 0 Å². The number of carbonyl (C=O) groups excluding carboxylic acids is 1. The molecule has 0 spiro atoms. The summed E-state index contributed by atoms with van der Waals surface area (Å²) in [6.07, 6.45) is 9.49. The molecule has 1 saturated carbocycles. The molecule has 4 heteroatoms. The fraction of sp³-hybridized carbons (Fsp3) is 0.600. The summed E-state index contributed by atoms with van der Waals surface area (Å²) >= 11 is 0. The van der Waals surface area contributed by atoms with Crippen LogP contribution in [-0.2, 0) is 11.2 Å². The van der Waals surface area contributed by atoms with Crippen LogP contribution in [0.4, 0.5) is 0 Å². The van der Waals surface area contributed by atoms with E-state index in [4.69, 9.17) is 0 Å². The quantitative estimate of drug-likeness (QED) is 0.846. The maximum absolute atomic E-state index is 12.0. The Morgan fingerprint density at radius 1 is 1.37 bits per heavy atom. The molecule has 0 saturated heterocycles. The number of aromatic nitrogens is 1. The van der Waals surface area contributed by atoms with E-state index in [2.05, 4.69) is 10.3 Å². The fourth-order valence-electron chi connectivity index (χ4n) is 2.47. The second-order valence-corrected chi connectivity index (χ2v) is 5.28. The summed E-state index contributed by atoms with van der Waals surface area (Å²) < 4.78 is 0. The van der Waals surface area contributed by atoms with E-state index in [1.165, 1.54) is 31.2 Å². The Kier molecular flexibility index (Phi) is 5.33. The highest BCUT2D eigenvalue weighted by atomic mass is 16.2. The Bertz CT molecular complexity index is 388. The lowest BCUT2D eigenvalue weighted by molar-refractivity contribution is -0.129. The molecule has 1 aromatic heterocycles. The predicted molar refractivity (Wildman–Crippen MR) is 75.8 cm³/mol. The zero-order chi connectivity index (χ0) is 13.5. The van der Waals surface area contributed by atoms with Gasteiger partial charge in [0, 0.05) is 32.0 Å². The number of pyridine rings is 1. The van der Waals surface area contributed by atoms with Crippen LogP contribution >= 0.6 is 0 Å². The second-order valence-electron chi connectivity index (χ2n) is 5.28. The first kappa shape index (κ1) is 14.0. The molecule has 0 radical (unpaired) electrons. The van der Waals surface area contributed by atoms with Crippen LogP contribution in [-0.4, -0.2) is 42.0 Å². The van der Waals surface area contributed by atoms with Crippen LogP contribution in [0.15, 0.2) is 24.5 Å². The summed E-state index contributed by atoms with van der Waals surface area (Å²) in [5.41, 5.74) is 1.22. The molecule has 2 rings (SSSR count). The van der Waals surface area contributed by atoms with Crippen molar-refractivity contribution in [1.29, 1.82) is 0 Å². The first-order chi connectivity index (χ1) is 9.25. The zero-order valence-corrected chi connectivity index (χ0v) is 11.6. The Hall–Kier alpha value is -1.42. The summed E-state index contributed by atoms with van der Waals surface area (Å²) in [7, 11) is 1.87. The van der Waals surface area contributed by atoms with Crippen molar-refractivity contribution < 1.29 is 4.79 Å².